The average Bonchev–Trinajstić information content (AvgIpc) is 3.15. The van der Waals surface area contributed by atoms with Gasteiger partial charge in [-0.15, -0.1) is 11.3 Å². The second-order valence-electron chi connectivity index (χ2n) is 6.32. The normalized spacial score (nSPS) is 17.9. The molecular formula is C18H21BrN2O5S2. The fourth-order valence-electron chi connectivity index (χ4n) is 3.10. The van der Waals surface area contributed by atoms with Crippen molar-refractivity contribution in [2.45, 2.75) is 17.1 Å². The summed E-state index contributed by atoms with van der Waals surface area (Å²) in [5.41, 5.74) is 0.574. The third-order valence-electron chi connectivity index (χ3n) is 4.55. The van der Waals surface area contributed by atoms with E-state index in [2.05, 4.69) is 21.2 Å². The Hall–Kier alpha value is -1.62. The molecule has 2 aromatic rings. The van der Waals surface area contributed by atoms with Gasteiger partial charge in [-0.1, -0.05) is 0 Å². The Bertz CT molecular complexity index is 961. The lowest BCUT2D eigenvalue weighted by molar-refractivity contribution is -0.120. The zero-order valence-electron chi connectivity index (χ0n) is 15.5. The number of benzene rings is 1. The molecule has 3 rings (SSSR count). The number of thiophene rings is 1. The number of piperidine rings is 1. The number of nitrogens with one attached hydrogen (secondary N) is 1. The standard InChI is InChI=1S/C18H21BrN2O5S2/c1-25-14-6-5-13(10-15(14)26-2)20-18(22)12-4-3-9-21(11-12)28(23,24)17-8-7-16(19)27-17/h5-8,10,12H,3-4,9,11H2,1-2H3,(H,20,22)/t12-/m1/s1. The fraction of sp³-hybridized carbons (Fsp3) is 0.389. The highest BCUT2D eigenvalue weighted by atomic mass is 79.9. The number of halogens is 1. The van der Waals surface area contributed by atoms with Crippen LogP contribution in [0.2, 0.25) is 0 Å². The number of sulfonamides is 1. The average molecular weight is 489 g/mol. The first-order valence-electron chi connectivity index (χ1n) is 8.63. The third-order valence-corrected chi connectivity index (χ3v) is 8.50. The highest BCUT2D eigenvalue weighted by Gasteiger charge is 2.34. The topological polar surface area (TPSA) is 84.9 Å². The number of nitrogens with zero attached hydrogens (tertiary/aromatic N) is 1. The monoisotopic (exact) mass is 488 g/mol. The molecule has 1 N–H and O–H groups in total. The van der Waals surface area contributed by atoms with E-state index in [1.54, 1.807) is 37.4 Å². The van der Waals surface area contributed by atoms with Gasteiger partial charge in [0, 0.05) is 24.8 Å². The predicted molar refractivity (Wildman–Crippen MR) is 112 cm³/mol. The minimum Gasteiger partial charge on any atom is -0.493 e. The maximum Gasteiger partial charge on any atom is 0.252 e. The van der Waals surface area contributed by atoms with Gasteiger partial charge in [-0.3, -0.25) is 4.79 Å². The Morgan fingerprint density at radius 1 is 1.21 bits per heavy atom. The van der Waals surface area contributed by atoms with Crippen LogP contribution in [0.3, 0.4) is 0 Å². The van der Waals surface area contributed by atoms with E-state index >= 15 is 0 Å². The summed E-state index contributed by atoms with van der Waals surface area (Å²) < 4.78 is 38.5. The zero-order chi connectivity index (χ0) is 20.3. The molecule has 0 spiro atoms. The molecule has 1 saturated heterocycles. The van der Waals surface area contributed by atoms with Crippen LogP contribution in [0.15, 0.2) is 38.3 Å². The van der Waals surface area contributed by atoms with E-state index in [-0.39, 0.29) is 16.7 Å². The van der Waals surface area contributed by atoms with Gasteiger partial charge in [-0.2, -0.15) is 4.31 Å². The van der Waals surface area contributed by atoms with Crippen molar-refractivity contribution in [3.05, 3.63) is 34.1 Å². The molecule has 7 nitrogen and oxygen atoms in total. The van der Waals surface area contributed by atoms with Crippen molar-refractivity contribution >= 4 is 48.9 Å². The highest BCUT2D eigenvalue weighted by Crippen LogP contribution is 2.32. The number of rotatable bonds is 6. The lowest BCUT2D eigenvalue weighted by Crippen LogP contribution is -2.43. The number of carbonyl (C=O) groups is 1. The number of hydrogen-bond acceptors (Lipinski definition) is 6. The Morgan fingerprint density at radius 3 is 2.61 bits per heavy atom. The molecule has 1 amide bonds. The number of ether oxygens (including phenoxy) is 2. The molecule has 2 heterocycles. The van der Waals surface area contributed by atoms with Crippen LogP contribution in [0.4, 0.5) is 5.69 Å². The van der Waals surface area contributed by atoms with Crippen molar-refractivity contribution in [3.8, 4) is 11.5 Å². The molecule has 10 heteroatoms. The lowest BCUT2D eigenvalue weighted by atomic mass is 9.98. The Kier molecular flexibility index (Phi) is 6.64. The quantitative estimate of drug-likeness (QED) is 0.671. The van der Waals surface area contributed by atoms with Crippen molar-refractivity contribution in [3.63, 3.8) is 0 Å². The van der Waals surface area contributed by atoms with Gasteiger partial charge in [0.05, 0.1) is 23.9 Å². The van der Waals surface area contributed by atoms with Crippen LogP contribution < -0.4 is 14.8 Å². The maximum atomic E-state index is 12.8. The van der Waals surface area contributed by atoms with Gasteiger partial charge in [0.1, 0.15) is 4.21 Å². The Morgan fingerprint density at radius 2 is 1.96 bits per heavy atom. The van der Waals surface area contributed by atoms with Crippen LogP contribution in [0.25, 0.3) is 0 Å². The summed E-state index contributed by atoms with van der Waals surface area (Å²) in [6, 6.07) is 8.40. The first-order valence-corrected chi connectivity index (χ1v) is 11.7. The van der Waals surface area contributed by atoms with E-state index in [9.17, 15) is 13.2 Å². The van der Waals surface area contributed by atoms with Crippen LogP contribution in [-0.4, -0.2) is 45.9 Å². The first kappa shape index (κ1) is 21.1. The highest BCUT2D eigenvalue weighted by molar-refractivity contribution is 9.11. The smallest absolute Gasteiger partial charge is 0.252 e. The van der Waals surface area contributed by atoms with Crippen molar-refractivity contribution in [1.82, 2.24) is 4.31 Å². The molecule has 1 aliphatic heterocycles. The van der Waals surface area contributed by atoms with E-state index in [0.29, 0.717) is 36.6 Å². The zero-order valence-corrected chi connectivity index (χ0v) is 18.7. The minimum atomic E-state index is -3.59. The molecule has 0 unspecified atom stereocenters. The molecular weight excluding hydrogens is 468 g/mol. The van der Waals surface area contributed by atoms with Gasteiger partial charge in [-0.05, 0) is 53.0 Å². The summed E-state index contributed by atoms with van der Waals surface area (Å²) in [6.07, 6.45) is 1.27. The van der Waals surface area contributed by atoms with E-state index in [1.807, 2.05) is 0 Å². The van der Waals surface area contributed by atoms with Crippen LogP contribution in [-0.2, 0) is 14.8 Å². The number of methoxy groups -OCH3 is 2. The summed E-state index contributed by atoms with van der Waals surface area (Å²) in [6.45, 7) is 0.578. The van der Waals surface area contributed by atoms with Crippen LogP contribution in [0.5, 0.6) is 11.5 Å². The van der Waals surface area contributed by atoms with Crippen molar-refractivity contribution < 1.29 is 22.7 Å². The SMILES string of the molecule is COc1ccc(NC(=O)[C@@H]2CCCN(S(=O)(=O)c3ccc(Br)s3)C2)cc1OC. The lowest BCUT2D eigenvalue weighted by Gasteiger charge is -2.30. The van der Waals surface area contributed by atoms with Crippen molar-refractivity contribution in [2.24, 2.45) is 5.92 Å². The third kappa shape index (κ3) is 4.51. The van der Waals surface area contributed by atoms with Crippen LogP contribution in [0, 0.1) is 5.92 Å². The summed E-state index contributed by atoms with van der Waals surface area (Å²) >= 11 is 4.46. The van der Waals surface area contributed by atoms with E-state index in [0.717, 1.165) is 3.79 Å². The predicted octanol–water partition coefficient (Wildman–Crippen LogP) is 3.57. The number of hydrogen-bond donors (Lipinski definition) is 1. The van der Waals surface area contributed by atoms with Gasteiger partial charge < -0.3 is 14.8 Å². The van der Waals surface area contributed by atoms with Gasteiger partial charge in [-0.25, -0.2) is 8.42 Å². The van der Waals surface area contributed by atoms with Gasteiger partial charge in [0.2, 0.25) is 5.91 Å². The largest absolute Gasteiger partial charge is 0.493 e. The summed E-state index contributed by atoms with van der Waals surface area (Å²) in [5.74, 6) is 0.452. The van der Waals surface area contributed by atoms with Crippen LogP contribution in [0.1, 0.15) is 12.8 Å². The van der Waals surface area contributed by atoms with Crippen molar-refractivity contribution in [1.29, 1.82) is 0 Å². The molecule has 0 saturated carbocycles. The number of amides is 1. The molecule has 152 valence electrons. The fourth-order valence-corrected chi connectivity index (χ4v) is 6.78. The molecule has 1 aliphatic rings. The number of carbonyl (C=O) groups excluding carboxylic acids is 1. The molecule has 0 aliphatic carbocycles. The molecule has 28 heavy (non-hydrogen) atoms. The van der Waals surface area contributed by atoms with Gasteiger partial charge in [0.15, 0.2) is 11.5 Å². The van der Waals surface area contributed by atoms with E-state index in [4.69, 9.17) is 9.47 Å². The summed E-state index contributed by atoms with van der Waals surface area (Å²) in [5, 5.41) is 2.85. The first-order chi connectivity index (χ1) is 13.3. The minimum absolute atomic E-state index is 0.164. The second-order valence-corrected chi connectivity index (χ2v) is 10.9. The molecule has 1 atom stereocenters. The Balaban J connectivity index is 1.71. The maximum absolute atomic E-state index is 12.8. The molecule has 0 bridgehead atoms. The van der Waals surface area contributed by atoms with E-state index < -0.39 is 15.9 Å². The molecule has 1 aromatic carbocycles. The summed E-state index contributed by atoms with van der Waals surface area (Å²) in [4.78, 5) is 12.7. The van der Waals surface area contributed by atoms with Gasteiger partial charge in [0.25, 0.3) is 10.0 Å². The number of anilines is 1. The van der Waals surface area contributed by atoms with Gasteiger partial charge >= 0.3 is 0 Å². The van der Waals surface area contributed by atoms with Crippen molar-refractivity contribution in [2.75, 3.05) is 32.6 Å². The molecule has 1 aromatic heterocycles. The van der Waals surface area contributed by atoms with Crippen LogP contribution >= 0.6 is 27.3 Å². The van der Waals surface area contributed by atoms with E-state index in [1.165, 1.54) is 22.8 Å². The molecule has 0 radical (unpaired) electrons. The Labute approximate surface area is 176 Å². The second kappa shape index (κ2) is 8.81. The molecule has 1 fully saturated rings. The summed E-state index contributed by atoms with van der Waals surface area (Å²) in [7, 11) is -0.530.